The maximum atomic E-state index is 12.0. The van der Waals surface area contributed by atoms with Crippen molar-refractivity contribution in [2.24, 2.45) is 0 Å². The van der Waals surface area contributed by atoms with Gasteiger partial charge < -0.3 is 14.6 Å². The summed E-state index contributed by atoms with van der Waals surface area (Å²) in [6.07, 6.45) is 2.08. The first-order valence-corrected chi connectivity index (χ1v) is 7.89. The van der Waals surface area contributed by atoms with Crippen molar-refractivity contribution in [2.45, 2.75) is 46.1 Å². The van der Waals surface area contributed by atoms with Crippen LogP contribution in [0.25, 0.3) is 0 Å². The normalized spacial score (nSPS) is 12.0. The molecular formula is C17H23N3O3. The Labute approximate surface area is 136 Å². The lowest BCUT2D eigenvalue weighted by molar-refractivity contribution is -0.121. The molecule has 2 rings (SSSR count). The largest absolute Gasteiger partial charge is 0.494 e. The first-order valence-electron chi connectivity index (χ1n) is 7.89. The number of carbonyl (C=O) groups is 1. The number of aryl methyl sites for hydroxylation is 2. The molecule has 0 unspecified atom stereocenters. The lowest BCUT2D eigenvalue weighted by atomic mass is 10.1. The van der Waals surface area contributed by atoms with Crippen LogP contribution < -0.4 is 10.1 Å². The van der Waals surface area contributed by atoms with Gasteiger partial charge in [0.25, 0.3) is 0 Å². The predicted octanol–water partition coefficient (Wildman–Crippen LogP) is 2.98. The van der Waals surface area contributed by atoms with Gasteiger partial charge in [-0.15, -0.1) is 0 Å². The summed E-state index contributed by atoms with van der Waals surface area (Å²) in [7, 11) is 0. The molecule has 0 aliphatic carbocycles. The van der Waals surface area contributed by atoms with Crippen LogP contribution in [0.5, 0.6) is 5.75 Å². The molecule has 2 aromatic rings. The van der Waals surface area contributed by atoms with E-state index in [4.69, 9.17) is 9.26 Å². The van der Waals surface area contributed by atoms with E-state index in [1.165, 1.54) is 0 Å². The highest BCUT2D eigenvalue weighted by molar-refractivity contribution is 5.76. The zero-order valence-corrected chi connectivity index (χ0v) is 13.8. The fourth-order valence-electron chi connectivity index (χ4n) is 2.10. The molecule has 0 radical (unpaired) electrons. The van der Waals surface area contributed by atoms with Crippen molar-refractivity contribution in [3.63, 3.8) is 0 Å². The average Bonchev–Trinajstić information content (AvgIpc) is 2.98. The van der Waals surface area contributed by atoms with Crippen molar-refractivity contribution in [2.75, 3.05) is 6.61 Å². The van der Waals surface area contributed by atoms with Crippen LogP contribution in [0.1, 0.15) is 50.0 Å². The summed E-state index contributed by atoms with van der Waals surface area (Å²) in [4.78, 5) is 16.1. The number of hydrogen-bond donors (Lipinski definition) is 1. The van der Waals surface area contributed by atoms with E-state index < -0.39 is 0 Å². The Morgan fingerprint density at radius 3 is 2.70 bits per heavy atom. The summed E-state index contributed by atoms with van der Waals surface area (Å²) in [5.74, 6) is 1.81. The molecule has 1 amide bonds. The van der Waals surface area contributed by atoms with Crippen molar-refractivity contribution >= 4 is 5.91 Å². The number of ether oxygens (including phenoxy) is 1. The molecule has 0 fully saturated rings. The van der Waals surface area contributed by atoms with Gasteiger partial charge >= 0.3 is 0 Å². The van der Waals surface area contributed by atoms with E-state index in [1.807, 2.05) is 31.2 Å². The topological polar surface area (TPSA) is 77.2 Å². The second-order valence-corrected chi connectivity index (χ2v) is 5.45. The van der Waals surface area contributed by atoms with Gasteiger partial charge in [0, 0.05) is 13.3 Å². The lowest BCUT2D eigenvalue weighted by Gasteiger charge is -2.10. The number of amides is 1. The van der Waals surface area contributed by atoms with Gasteiger partial charge in [0.2, 0.25) is 11.8 Å². The van der Waals surface area contributed by atoms with Crippen LogP contribution >= 0.6 is 0 Å². The summed E-state index contributed by atoms with van der Waals surface area (Å²) in [6.45, 7) is 6.35. The van der Waals surface area contributed by atoms with E-state index in [0.717, 1.165) is 24.3 Å². The van der Waals surface area contributed by atoms with Gasteiger partial charge in [-0.25, -0.2) is 0 Å². The third-order valence-electron chi connectivity index (χ3n) is 3.35. The Hall–Kier alpha value is -2.37. The number of benzene rings is 1. The molecule has 6 nitrogen and oxygen atoms in total. The monoisotopic (exact) mass is 317 g/mol. The molecular weight excluding hydrogens is 294 g/mol. The zero-order chi connectivity index (χ0) is 16.7. The molecule has 0 saturated heterocycles. The van der Waals surface area contributed by atoms with E-state index >= 15 is 0 Å². The van der Waals surface area contributed by atoms with E-state index in [0.29, 0.717) is 24.6 Å². The molecule has 0 aliphatic heterocycles. The van der Waals surface area contributed by atoms with Crippen LogP contribution in [-0.4, -0.2) is 22.7 Å². The van der Waals surface area contributed by atoms with E-state index in [9.17, 15) is 4.79 Å². The molecule has 1 aromatic heterocycles. The predicted molar refractivity (Wildman–Crippen MR) is 86.1 cm³/mol. The number of rotatable bonds is 8. The molecule has 0 spiro atoms. The van der Waals surface area contributed by atoms with Crippen LogP contribution in [-0.2, 0) is 11.2 Å². The number of aromatic nitrogens is 2. The van der Waals surface area contributed by atoms with Crippen molar-refractivity contribution in [3.8, 4) is 5.75 Å². The van der Waals surface area contributed by atoms with Gasteiger partial charge in [-0.2, -0.15) is 4.98 Å². The van der Waals surface area contributed by atoms with Crippen LogP contribution in [0.15, 0.2) is 28.8 Å². The molecule has 0 aliphatic rings. The third-order valence-corrected chi connectivity index (χ3v) is 3.35. The maximum absolute atomic E-state index is 12.0. The van der Waals surface area contributed by atoms with Crippen molar-refractivity contribution < 1.29 is 14.1 Å². The highest BCUT2D eigenvalue weighted by atomic mass is 16.5. The second kappa shape index (κ2) is 8.31. The van der Waals surface area contributed by atoms with Gasteiger partial charge in [-0.05, 0) is 37.5 Å². The molecule has 1 aromatic carbocycles. The average molecular weight is 317 g/mol. The van der Waals surface area contributed by atoms with Gasteiger partial charge in [0.15, 0.2) is 5.82 Å². The number of hydrogen-bond acceptors (Lipinski definition) is 5. The van der Waals surface area contributed by atoms with Crippen LogP contribution in [0, 0.1) is 6.92 Å². The van der Waals surface area contributed by atoms with Crippen molar-refractivity contribution in [3.05, 3.63) is 41.5 Å². The summed E-state index contributed by atoms with van der Waals surface area (Å²) in [5, 5.41) is 6.68. The van der Waals surface area contributed by atoms with Crippen molar-refractivity contribution in [1.82, 2.24) is 15.5 Å². The van der Waals surface area contributed by atoms with E-state index in [-0.39, 0.29) is 11.9 Å². The third kappa shape index (κ3) is 5.39. The highest BCUT2D eigenvalue weighted by Gasteiger charge is 2.14. The van der Waals surface area contributed by atoms with Crippen LogP contribution in [0.2, 0.25) is 0 Å². The Kier molecular flexibility index (Phi) is 6.14. The van der Waals surface area contributed by atoms with E-state index in [2.05, 4.69) is 22.4 Å². The number of carbonyl (C=O) groups excluding carboxylic acids is 1. The first kappa shape index (κ1) is 17.0. The van der Waals surface area contributed by atoms with Gasteiger partial charge in [-0.1, -0.05) is 24.2 Å². The quantitative estimate of drug-likeness (QED) is 0.810. The minimum Gasteiger partial charge on any atom is -0.494 e. The second-order valence-electron chi connectivity index (χ2n) is 5.45. The summed E-state index contributed by atoms with van der Waals surface area (Å²) < 4.78 is 10.4. The fourth-order valence-corrected chi connectivity index (χ4v) is 2.10. The summed E-state index contributed by atoms with van der Waals surface area (Å²) in [6, 6.07) is 7.60. The Balaban J connectivity index is 1.77. The number of nitrogens with one attached hydrogen (secondary N) is 1. The van der Waals surface area contributed by atoms with Crippen LogP contribution in [0.3, 0.4) is 0 Å². The fraction of sp³-hybridized carbons (Fsp3) is 0.471. The van der Waals surface area contributed by atoms with E-state index in [1.54, 1.807) is 6.92 Å². The summed E-state index contributed by atoms with van der Waals surface area (Å²) >= 11 is 0. The number of nitrogens with zero attached hydrogens (tertiary/aromatic N) is 2. The molecule has 1 atom stereocenters. The molecule has 124 valence electrons. The molecule has 23 heavy (non-hydrogen) atoms. The zero-order valence-electron chi connectivity index (χ0n) is 13.8. The minimum absolute atomic E-state index is 0.0359. The lowest BCUT2D eigenvalue weighted by Crippen LogP contribution is -2.27. The Bertz CT molecular complexity index is 622. The smallest absolute Gasteiger partial charge is 0.223 e. The molecule has 0 bridgehead atoms. The minimum atomic E-state index is -0.259. The standard InChI is InChI=1S/C17H23N3O3/c1-4-11-22-15-8-5-14(6-9-15)7-10-16(21)18-12(2)17-19-13(3)23-20-17/h5-6,8-9,12H,4,7,10-11H2,1-3H3,(H,18,21)/t12-/m1/s1. The van der Waals surface area contributed by atoms with Gasteiger partial charge in [0.1, 0.15) is 5.75 Å². The van der Waals surface area contributed by atoms with Crippen molar-refractivity contribution in [1.29, 1.82) is 0 Å². The Morgan fingerprint density at radius 1 is 1.35 bits per heavy atom. The summed E-state index contributed by atoms with van der Waals surface area (Å²) in [5.41, 5.74) is 1.10. The Morgan fingerprint density at radius 2 is 2.09 bits per heavy atom. The molecule has 1 N–H and O–H groups in total. The molecule has 1 heterocycles. The highest BCUT2D eigenvalue weighted by Crippen LogP contribution is 2.14. The van der Waals surface area contributed by atoms with Crippen LogP contribution in [0.4, 0.5) is 0 Å². The van der Waals surface area contributed by atoms with Gasteiger partial charge in [-0.3, -0.25) is 4.79 Å². The van der Waals surface area contributed by atoms with Gasteiger partial charge in [0.05, 0.1) is 12.6 Å². The SMILES string of the molecule is CCCOc1ccc(CCC(=O)N[C@H](C)c2noc(C)n2)cc1. The molecule has 0 saturated carbocycles. The molecule has 6 heteroatoms. The maximum Gasteiger partial charge on any atom is 0.223 e. The first-order chi connectivity index (χ1) is 11.1.